The van der Waals surface area contributed by atoms with Crippen LogP contribution in [-0.2, 0) is 0 Å². The van der Waals surface area contributed by atoms with Crippen LogP contribution in [0.2, 0.25) is 0 Å². The number of hydrogen-bond donors (Lipinski definition) is 1. The van der Waals surface area contributed by atoms with Crippen LogP contribution in [0.5, 0.6) is 0 Å². The summed E-state index contributed by atoms with van der Waals surface area (Å²) in [5, 5.41) is 4.94. The number of para-hydroxylation sites is 1. The van der Waals surface area contributed by atoms with E-state index in [1.807, 2.05) is 0 Å². The summed E-state index contributed by atoms with van der Waals surface area (Å²) in [5.41, 5.74) is 3.39. The fraction of sp³-hybridized carbons (Fsp3) is 0.471. The van der Waals surface area contributed by atoms with Crippen LogP contribution in [0.1, 0.15) is 38.3 Å². The first-order valence-electron chi connectivity index (χ1n) is 7.35. The lowest BCUT2D eigenvalue weighted by atomic mass is 9.87. The minimum atomic E-state index is 0.608. The van der Waals surface area contributed by atoms with Gasteiger partial charge in [0.25, 0.3) is 0 Å². The number of aryl methyl sites for hydroxylation is 1. The predicted molar refractivity (Wildman–Crippen MR) is 81.5 cm³/mol. The summed E-state index contributed by atoms with van der Waals surface area (Å²) in [6, 6.07) is 11.3. The third-order valence-electron chi connectivity index (χ3n) is 4.16. The Hall–Kier alpha value is -1.57. The van der Waals surface area contributed by atoms with Crippen molar-refractivity contribution in [3.63, 3.8) is 0 Å². The number of fused-ring (bicyclic) bond motifs is 1. The van der Waals surface area contributed by atoms with Crippen molar-refractivity contribution in [2.24, 2.45) is 5.92 Å². The summed E-state index contributed by atoms with van der Waals surface area (Å²) in [4.78, 5) is 4.70. The van der Waals surface area contributed by atoms with E-state index in [-0.39, 0.29) is 0 Å². The Bertz CT molecular complexity index is 576. The molecule has 1 aromatic carbocycles. The molecule has 2 heteroatoms. The molecule has 0 radical (unpaired) electrons. The van der Waals surface area contributed by atoms with E-state index in [2.05, 4.69) is 49.5 Å². The number of nitrogens with zero attached hydrogens (tertiary/aromatic N) is 1. The molecule has 2 aromatic rings. The second kappa shape index (κ2) is 5.20. The zero-order valence-corrected chi connectivity index (χ0v) is 11.8. The summed E-state index contributed by atoms with van der Waals surface area (Å²) >= 11 is 0. The average molecular weight is 254 g/mol. The molecular weight excluding hydrogens is 232 g/mol. The van der Waals surface area contributed by atoms with Gasteiger partial charge in [-0.15, -0.1) is 0 Å². The number of nitrogens with one attached hydrogen (secondary N) is 1. The van der Waals surface area contributed by atoms with E-state index in [0.717, 1.165) is 17.1 Å². The van der Waals surface area contributed by atoms with E-state index in [9.17, 15) is 0 Å². The van der Waals surface area contributed by atoms with Gasteiger partial charge in [0.2, 0.25) is 0 Å². The number of rotatable bonds is 2. The van der Waals surface area contributed by atoms with E-state index in [0.29, 0.717) is 6.04 Å². The maximum absolute atomic E-state index is 4.70. The summed E-state index contributed by atoms with van der Waals surface area (Å²) in [7, 11) is 0. The molecule has 2 unspecified atom stereocenters. The highest BCUT2D eigenvalue weighted by Gasteiger charge is 2.19. The standard InChI is InChI=1S/C17H22N2/c1-12-5-3-7-15(11-12)19-16-8-4-6-14-10-9-13(2)18-17(14)16/h4,6,8-10,12,15,19H,3,5,7,11H2,1-2H3. The molecule has 1 aliphatic rings. The molecule has 1 saturated carbocycles. The molecule has 1 aliphatic carbocycles. The maximum Gasteiger partial charge on any atom is 0.0936 e. The lowest BCUT2D eigenvalue weighted by molar-refractivity contribution is 0.359. The van der Waals surface area contributed by atoms with Crippen molar-refractivity contribution in [1.29, 1.82) is 0 Å². The Morgan fingerprint density at radius 3 is 2.89 bits per heavy atom. The van der Waals surface area contributed by atoms with Gasteiger partial charge in [0.05, 0.1) is 11.2 Å². The van der Waals surface area contributed by atoms with Gasteiger partial charge in [-0.05, 0) is 37.8 Å². The average Bonchev–Trinajstić information content (AvgIpc) is 2.39. The molecule has 1 N–H and O–H groups in total. The Morgan fingerprint density at radius 2 is 2.05 bits per heavy atom. The van der Waals surface area contributed by atoms with Crippen molar-refractivity contribution in [1.82, 2.24) is 4.98 Å². The molecule has 1 fully saturated rings. The summed E-state index contributed by atoms with van der Waals surface area (Å²) in [6.07, 6.45) is 5.29. The topological polar surface area (TPSA) is 24.9 Å². The molecular formula is C17H22N2. The maximum atomic E-state index is 4.70. The van der Waals surface area contributed by atoms with Crippen molar-refractivity contribution in [3.8, 4) is 0 Å². The number of aromatic nitrogens is 1. The van der Waals surface area contributed by atoms with Gasteiger partial charge >= 0.3 is 0 Å². The highest BCUT2D eigenvalue weighted by Crippen LogP contribution is 2.28. The molecule has 0 aliphatic heterocycles. The van der Waals surface area contributed by atoms with Crippen molar-refractivity contribution in [2.45, 2.75) is 45.6 Å². The van der Waals surface area contributed by atoms with Crippen LogP contribution < -0.4 is 5.32 Å². The first kappa shape index (κ1) is 12.5. The second-order valence-electron chi connectivity index (χ2n) is 5.94. The predicted octanol–water partition coefficient (Wildman–Crippen LogP) is 4.53. The van der Waals surface area contributed by atoms with E-state index in [1.165, 1.54) is 36.8 Å². The normalized spacial score (nSPS) is 23.5. The van der Waals surface area contributed by atoms with Gasteiger partial charge in [0.1, 0.15) is 0 Å². The van der Waals surface area contributed by atoms with E-state index < -0.39 is 0 Å². The van der Waals surface area contributed by atoms with E-state index in [1.54, 1.807) is 0 Å². The number of pyridine rings is 1. The van der Waals surface area contributed by atoms with Gasteiger partial charge in [0, 0.05) is 17.1 Å². The lowest BCUT2D eigenvalue weighted by Gasteiger charge is -2.28. The quantitative estimate of drug-likeness (QED) is 0.851. The van der Waals surface area contributed by atoms with Crippen LogP contribution >= 0.6 is 0 Å². The minimum absolute atomic E-state index is 0.608. The molecule has 0 spiro atoms. The largest absolute Gasteiger partial charge is 0.381 e. The Labute approximate surface area is 115 Å². The highest BCUT2D eigenvalue weighted by atomic mass is 14.9. The van der Waals surface area contributed by atoms with E-state index >= 15 is 0 Å². The number of anilines is 1. The summed E-state index contributed by atoms with van der Waals surface area (Å²) < 4.78 is 0. The first-order chi connectivity index (χ1) is 9.22. The molecule has 0 amide bonds. The lowest BCUT2D eigenvalue weighted by Crippen LogP contribution is -2.26. The van der Waals surface area contributed by atoms with Crippen molar-refractivity contribution in [3.05, 3.63) is 36.0 Å². The Kier molecular flexibility index (Phi) is 3.41. The molecule has 0 bridgehead atoms. The smallest absolute Gasteiger partial charge is 0.0936 e. The fourth-order valence-electron chi connectivity index (χ4n) is 3.15. The molecule has 1 aromatic heterocycles. The minimum Gasteiger partial charge on any atom is -0.381 e. The number of hydrogen-bond acceptors (Lipinski definition) is 2. The van der Waals surface area contributed by atoms with Crippen molar-refractivity contribution in [2.75, 3.05) is 5.32 Å². The molecule has 100 valence electrons. The zero-order valence-electron chi connectivity index (χ0n) is 11.8. The number of benzene rings is 1. The Morgan fingerprint density at radius 1 is 1.16 bits per heavy atom. The fourth-order valence-corrected chi connectivity index (χ4v) is 3.15. The molecule has 0 saturated heterocycles. The van der Waals surface area contributed by atoms with Crippen molar-refractivity contribution < 1.29 is 0 Å². The van der Waals surface area contributed by atoms with Gasteiger partial charge in [-0.1, -0.05) is 38.0 Å². The van der Waals surface area contributed by atoms with Gasteiger partial charge in [-0.25, -0.2) is 0 Å². The molecule has 3 rings (SSSR count). The SMILES string of the molecule is Cc1ccc2cccc(NC3CCCC(C)C3)c2n1. The molecule has 2 nitrogen and oxygen atoms in total. The van der Waals surface area contributed by atoms with Gasteiger partial charge in [0.15, 0.2) is 0 Å². The van der Waals surface area contributed by atoms with Crippen LogP contribution in [-0.4, -0.2) is 11.0 Å². The zero-order chi connectivity index (χ0) is 13.2. The third-order valence-corrected chi connectivity index (χ3v) is 4.16. The van der Waals surface area contributed by atoms with Crippen LogP contribution in [0, 0.1) is 12.8 Å². The van der Waals surface area contributed by atoms with Crippen LogP contribution in [0.25, 0.3) is 10.9 Å². The van der Waals surface area contributed by atoms with Gasteiger partial charge in [-0.3, -0.25) is 4.98 Å². The molecule has 19 heavy (non-hydrogen) atoms. The first-order valence-corrected chi connectivity index (χ1v) is 7.35. The Balaban J connectivity index is 1.89. The monoisotopic (exact) mass is 254 g/mol. The van der Waals surface area contributed by atoms with E-state index in [4.69, 9.17) is 4.98 Å². The highest BCUT2D eigenvalue weighted by molar-refractivity contribution is 5.90. The van der Waals surface area contributed by atoms with Gasteiger partial charge in [-0.2, -0.15) is 0 Å². The van der Waals surface area contributed by atoms with Gasteiger partial charge < -0.3 is 5.32 Å². The van der Waals surface area contributed by atoms with Crippen LogP contribution in [0.4, 0.5) is 5.69 Å². The summed E-state index contributed by atoms with van der Waals surface area (Å²) in [6.45, 7) is 4.41. The summed E-state index contributed by atoms with van der Waals surface area (Å²) in [5.74, 6) is 0.843. The molecule has 2 atom stereocenters. The third kappa shape index (κ3) is 2.73. The van der Waals surface area contributed by atoms with Crippen molar-refractivity contribution >= 4 is 16.6 Å². The van der Waals surface area contributed by atoms with Crippen LogP contribution in [0.3, 0.4) is 0 Å². The van der Waals surface area contributed by atoms with Crippen LogP contribution in [0.15, 0.2) is 30.3 Å². The second-order valence-corrected chi connectivity index (χ2v) is 5.94. The molecule has 1 heterocycles.